The summed E-state index contributed by atoms with van der Waals surface area (Å²) < 4.78 is 10.9. The molecule has 0 fully saturated rings. The van der Waals surface area contributed by atoms with E-state index in [-0.39, 0.29) is 37.3 Å². The first-order chi connectivity index (χ1) is 17.3. The third kappa shape index (κ3) is 8.58. The molecule has 1 atom stereocenters. The molecule has 0 unspecified atom stereocenters. The highest BCUT2D eigenvalue weighted by Gasteiger charge is 2.12. The van der Waals surface area contributed by atoms with Gasteiger partial charge in [0.1, 0.15) is 11.5 Å². The summed E-state index contributed by atoms with van der Waals surface area (Å²) in [5, 5.41) is 5.59. The quantitative estimate of drug-likeness (QED) is 0.342. The molecule has 7 nitrogen and oxygen atoms in total. The number of hydrogen-bond acceptors (Lipinski definition) is 5. The average molecular weight is 489 g/mol. The van der Waals surface area contributed by atoms with Crippen molar-refractivity contribution in [2.75, 3.05) is 11.9 Å². The molecule has 0 aromatic heterocycles. The van der Waals surface area contributed by atoms with Crippen LogP contribution in [0.1, 0.15) is 48.9 Å². The van der Waals surface area contributed by atoms with Gasteiger partial charge in [0.25, 0.3) is 5.91 Å². The number of esters is 1. The van der Waals surface area contributed by atoms with Gasteiger partial charge in [-0.2, -0.15) is 0 Å². The first kappa shape index (κ1) is 26.5. The highest BCUT2D eigenvalue weighted by molar-refractivity contribution is 5.91. The summed E-state index contributed by atoms with van der Waals surface area (Å²) in [6, 6.07) is 22.3. The minimum atomic E-state index is -0.516. The zero-order chi connectivity index (χ0) is 25.9. The molecule has 3 rings (SSSR count). The van der Waals surface area contributed by atoms with Crippen LogP contribution in [0.2, 0.25) is 0 Å². The summed E-state index contributed by atoms with van der Waals surface area (Å²) in [5.41, 5.74) is 3.96. The highest BCUT2D eigenvalue weighted by Crippen LogP contribution is 2.25. The van der Waals surface area contributed by atoms with Gasteiger partial charge in [-0.15, -0.1) is 0 Å². The number of aryl methyl sites for hydroxylation is 2. The van der Waals surface area contributed by atoms with E-state index >= 15 is 0 Å². The Morgan fingerprint density at radius 1 is 0.806 bits per heavy atom. The molecule has 0 bridgehead atoms. The third-order valence-electron chi connectivity index (χ3n) is 5.68. The van der Waals surface area contributed by atoms with Crippen molar-refractivity contribution in [3.05, 3.63) is 89.5 Å². The van der Waals surface area contributed by atoms with Crippen LogP contribution in [0.25, 0.3) is 0 Å². The lowest BCUT2D eigenvalue weighted by Gasteiger charge is -2.14. The lowest BCUT2D eigenvalue weighted by Crippen LogP contribution is -2.31. The van der Waals surface area contributed by atoms with Crippen molar-refractivity contribution in [1.29, 1.82) is 0 Å². The van der Waals surface area contributed by atoms with Crippen LogP contribution in [0.5, 0.6) is 11.5 Å². The maximum atomic E-state index is 12.2. The van der Waals surface area contributed by atoms with E-state index in [1.807, 2.05) is 69.3 Å². The van der Waals surface area contributed by atoms with Crippen LogP contribution in [0, 0.1) is 13.8 Å². The van der Waals surface area contributed by atoms with E-state index in [9.17, 15) is 14.4 Å². The molecule has 188 valence electrons. The second-order valence-corrected chi connectivity index (χ2v) is 8.63. The molecule has 3 aromatic rings. The van der Waals surface area contributed by atoms with E-state index in [0.29, 0.717) is 17.9 Å². The minimum Gasteiger partial charge on any atom is -0.457 e. The molecular weight excluding hydrogens is 456 g/mol. The van der Waals surface area contributed by atoms with Crippen LogP contribution in [0.4, 0.5) is 5.69 Å². The molecule has 2 amide bonds. The van der Waals surface area contributed by atoms with Gasteiger partial charge < -0.3 is 20.1 Å². The number of carbonyl (C=O) groups is 3. The number of hydrogen-bond donors (Lipinski definition) is 2. The van der Waals surface area contributed by atoms with Crippen molar-refractivity contribution < 1.29 is 23.9 Å². The monoisotopic (exact) mass is 488 g/mol. The molecule has 0 aliphatic rings. The van der Waals surface area contributed by atoms with Gasteiger partial charge in [0.2, 0.25) is 5.91 Å². The van der Waals surface area contributed by atoms with Gasteiger partial charge in [0, 0.05) is 18.5 Å². The van der Waals surface area contributed by atoms with Crippen molar-refractivity contribution in [3.8, 4) is 11.5 Å². The maximum absolute atomic E-state index is 12.2. The fourth-order valence-electron chi connectivity index (χ4n) is 3.46. The van der Waals surface area contributed by atoms with Crippen LogP contribution in [-0.4, -0.2) is 24.4 Å². The predicted octanol–water partition coefficient (Wildman–Crippen LogP) is 5.63. The first-order valence-corrected chi connectivity index (χ1v) is 11.9. The molecule has 0 radical (unpaired) electrons. The topological polar surface area (TPSA) is 93.7 Å². The third-order valence-corrected chi connectivity index (χ3v) is 5.68. The zero-order valence-electron chi connectivity index (χ0n) is 20.9. The molecule has 0 saturated carbocycles. The zero-order valence-corrected chi connectivity index (χ0v) is 20.9. The normalized spacial score (nSPS) is 11.3. The van der Waals surface area contributed by atoms with Gasteiger partial charge in [-0.1, -0.05) is 36.4 Å². The number of nitrogens with one attached hydrogen (secondary N) is 2. The van der Waals surface area contributed by atoms with Crippen molar-refractivity contribution >= 4 is 23.5 Å². The molecule has 2 N–H and O–H groups in total. The average Bonchev–Trinajstić information content (AvgIpc) is 2.86. The molecule has 0 heterocycles. The van der Waals surface area contributed by atoms with Gasteiger partial charge in [-0.3, -0.25) is 14.4 Å². The Bertz CT molecular complexity index is 1180. The van der Waals surface area contributed by atoms with E-state index in [2.05, 4.69) is 10.6 Å². The number of anilines is 1. The molecule has 36 heavy (non-hydrogen) atoms. The lowest BCUT2D eigenvalue weighted by molar-refractivity contribution is -0.148. The van der Waals surface area contributed by atoms with Crippen molar-refractivity contribution in [3.63, 3.8) is 0 Å². The second kappa shape index (κ2) is 13.1. The summed E-state index contributed by atoms with van der Waals surface area (Å²) in [4.78, 5) is 36.1. The summed E-state index contributed by atoms with van der Waals surface area (Å²) in [6.45, 7) is 5.59. The minimum absolute atomic E-state index is 0.0533. The van der Waals surface area contributed by atoms with Gasteiger partial charge >= 0.3 is 5.97 Å². The Morgan fingerprint density at radius 2 is 1.50 bits per heavy atom. The molecular formula is C29H32N2O5. The Labute approximate surface area is 211 Å². The first-order valence-electron chi connectivity index (χ1n) is 11.9. The van der Waals surface area contributed by atoms with Crippen LogP contribution in [0.15, 0.2) is 72.8 Å². The molecule has 0 aliphatic heterocycles. The maximum Gasteiger partial charge on any atom is 0.306 e. The Balaban J connectivity index is 1.32. The van der Waals surface area contributed by atoms with Gasteiger partial charge in [-0.05, 0) is 80.3 Å². The second-order valence-electron chi connectivity index (χ2n) is 8.63. The van der Waals surface area contributed by atoms with E-state index < -0.39 is 5.97 Å². The van der Waals surface area contributed by atoms with Crippen molar-refractivity contribution in [1.82, 2.24) is 5.32 Å². The molecule has 0 spiro atoms. The van der Waals surface area contributed by atoms with Crippen LogP contribution in [-0.2, 0) is 19.1 Å². The van der Waals surface area contributed by atoms with E-state index in [1.54, 1.807) is 24.3 Å². The SMILES string of the molecule is Cc1ccc(Oc2ccc(NC(=O)CCCC(=O)OCC(=O)N[C@H](C)c3ccccc3)cc2)cc1C. The van der Waals surface area contributed by atoms with Crippen LogP contribution >= 0.6 is 0 Å². The number of ether oxygens (including phenoxy) is 2. The van der Waals surface area contributed by atoms with Gasteiger partial charge in [0.15, 0.2) is 6.61 Å². The van der Waals surface area contributed by atoms with Crippen LogP contribution in [0.3, 0.4) is 0 Å². The van der Waals surface area contributed by atoms with E-state index in [4.69, 9.17) is 9.47 Å². The fourth-order valence-corrected chi connectivity index (χ4v) is 3.46. The highest BCUT2D eigenvalue weighted by atomic mass is 16.5. The van der Waals surface area contributed by atoms with Crippen molar-refractivity contribution in [2.45, 2.75) is 46.1 Å². The molecule has 7 heteroatoms. The van der Waals surface area contributed by atoms with E-state index in [1.165, 1.54) is 5.56 Å². The smallest absolute Gasteiger partial charge is 0.306 e. The van der Waals surface area contributed by atoms with Gasteiger partial charge in [-0.25, -0.2) is 0 Å². The number of carbonyl (C=O) groups excluding carboxylic acids is 3. The summed E-state index contributed by atoms with van der Waals surface area (Å²) in [5.74, 6) is 0.326. The molecule has 3 aromatic carbocycles. The number of rotatable bonds is 11. The summed E-state index contributed by atoms with van der Waals surface area (Å²) in [7, 11) is 0. The standard InChI is InChI=1S/C29H32N2O5/c1-20-12-15-26(18-21(20)2)36-25-16-13-24(14-17-25)31-27(32)10-7-11-29(34)35-19-28(33)30-22(3)23-8-5-4-6-9-23/h4-6,8-9,12-18,22H,7,10-11,19H2,1-3H3,(H,30,33)(H,31,32)/t22-/m1/s1. The number of benzene rings is 3. The van der Waals surface area contributed by atoms with Crippen LogP contribution < -0.4 is 15.4 Å². The fraction of sp³-hybridized carbons (Fsp3) is 0.276. The summed E-state index contributed by atoms with van der Waals surface area (Å²) >= 11 is 0. The van der Waals surface area contributed by atoms with E-state index in [0.717, 1.165) is 16.9 Å². The van der Waals surface area contributed by atoms with Gasteiger partial charge in [0.05, 0.1) is 6.04 Å². The van der Waals surface area contributed by atoms with Crippen molar-refractivity contribution in [2.24, 2.45) is 0 Å². The Kier molecular flexibility index (Phi) is 9.63. The molecule has 0 aliphatic carbocycles. The predicted molar refractivity (Wildman–Crippen MR) is 139 cm³/mol. The lowest BCUT2D eigenvalue weighted by atomic mass is 10.1. The number of amides is 2. The summed E-state index contributed by atoms with van der Waals surface area (Å²) in [6.07, 6.45) is 0.533. The largest absolute Gasteiger partial charge is 0.457 e. The molecule has 0 saturated heterocycles. The Morgan fingerprint density at radius 3 is 2.19 bits per heavy atom. The Hall–Kier alpha value is -4.13.